The van der Waals surface area contributed by atoms with E-state index >= 15 is 0 Å². The maximum absolute atomic E-state index is 12.5. The average Bonchev–Trinajstić information content (AvgIpc) is 2.67. The SMILES string of the molecule is C=CCOc1ccc(NC(=O)[C@@H](C)Oc2cccc3c2CCCC3)cc1. The van der Waals surface area contributed by atoms with Gasteiger partial charge in [0.1, 0.15) is 18.1 Å². The number of rotatable bonds is 7. The van der Waals surface area contributed by atoms with Gasteiger partial charge in [0, 0.05) is 5.69 Å². The average molecular weight is 351 g/mol. The lowest BCUT2D eigenvalue weighted by Gasteiger charge is -2.22. The zero-order valence-electron chi connectivity index (χ0n) is 15.2. The van der Waals surface area contributed by atoms with Crippen LogP contribution in [0.15, 0.2) is 55.1 Å². The van der Waals surface area contributed by atoms with E-state index in [1.54, 1.807) is 13.0 Å². The minimum Gasteiger partial charge on any atom is -0.490 e. The fourth-order valence-corrected chi connectivity index (χ4v) is 3.13. The Balaban J connectivity index is 1.61. The molecule has 0 radical (unpaired) electrons. The van der Waals surface area contributed by atoms with Gasteiger partial charge in [-0.05, 0) is 74.1 Å². The third-order valence-electron chi connectivity index (χ3n) is 4.52. The molecule has 1 aliphatic carbocycles. The van der Waals surface area contributed by atoms with E-state index in [0.717, 1.165) is 24.3 Å². The molecule has 2 aromatic rings. The molecule has 0 aliphatic heterocycles. The molecule has 0 aromatic heterocycles. The van der Waals surface area contributed by atoms with Crippen LogP contribution in [0.5, 0.6) is 11.5 Å². The summed E-state index contributed by atoms with van der Waals surface area (Å²) in [5, 5.41) is 2.89. The van der Waals surface area contributed by atoms with Crippen molar-refractivity contribution in [1.29, 1.82) is 0 Å². The van der Waals surface area contributed by atoms with E-state index in [4.69, 9.17) is 9.47 Å². The fourth-order valence-electron chi connectivity index (χ4n) is 3.13. The molecule has 0 spiro atoms. The van der Waals surface area contributed by atoms with Gasteiger partial charge in [0.15, 0.2) is 6.10 Å². The van der Waals surface area contributed by atoms with E-state index in [1.165, 1.54) is 24.0 Å². The second-order valence-corrected chi connectivity index (χ2v) is 6.47. The van der Waals surface area contributed by atoms with E-state index in [2.05, 4.69) is 18.0 Å². The van der Waals surface area contributed by atoms with Crippen molar-refractivity contribution in [3.63, 3.8) is 0 Å². The highest BCUT2D eigenvalue weighted by Crippen LogP contribution is 2.30. The molecule has 0 heterocycles. The van der Waals surface area contributed by atoms with Crippen molar-refractivity contribution >= 4 is 11.6 Å². The summed E-state index contributed by atoms with van der Waals surface area (Å²) < 4.78 is 11.4. The highest BCUT2D eigenvalue weighted by Gasteiger charge is 2.19. The van der Waals surface area contributed by atoms with Gasteiger partial charge in [-0.3, -0.25) is 4.79 Å². The maximum atomic E-state index is 12.5. The van der Waals surface area contributed by atoms with E-state index in [9.17, 15) is 4.79 Å². The second kappa shape index (κ2) is 8.56. The predicted octanol–water partition coefficient (Wildman–Crippen LogP) is 4.54. The van der Waals surface area contributed by atoms with Crippen LogP contribution in [-0.2, 0) is 17.6 Å². The Morgan fingerprint density at radius 2 is 1.96 bits per heavy atom. The standard InChI is InChI=1S/C22H25NO3/c1-3-15-25-19-13-11-18(12-14-19)23-22(24)16(2)26-21-10-6-8-17-7-4-5-9-20(17)21/h3,6,8,10-14,16H,1,4-5,7,9,15H2,2H3,(H,23,24)/t16-/m1/s1. The van der Waals surface area contributed by atoms with Gasteiger partial charge in [-0.2, -0.15) is 0 Å². The summed E-state index contributed by atoms with van der Waals surface area (Å²) in [6, 6.07) is 13.4. The molecule has 0 fully saturated rings. The largest absolute Gasteiger partial charge is 0.490 e. The molecule has 4 heteroatoms. The normalized spacial score (nSPS) is 14.0. The summed E-state index contributed by atoms with van der Waals surface area (Å²) in [7, 11) is 0. The topological polar surface area (TPSA) is 47.6 Å². The summed E-state index contributed by atoms with van der Waals surface area (Å²) in [5.74, 6) is 1.40. The van der Waals surface area contributed by atoms with Gasteiger partial charge in [0.25, 0.3) is 5.91 Å². The predicted molar refractivity (Wildman–Crippen MR) is 104 cm³/mol. The minimum atomic E-state index is -0.569. The molecule has 4 nitrogen and oxygen atoms in total. The lowest BCUT2D eigenvalue weighted by molar-refractivity contribution is -0.122. The number of anilines is 1. The first-order valence-corrected chi connectivity index (χ1v) is 9.09. The molecule has 1 N–H and O–H groups in total. The molecule has 1 atom stereocenters. The number of fused-ring (bicyclic) bond motifs is 1. The third kappa shape index (κ3) is 4.45. The molecule has 1 aliphatic rings. The van der Waals surface area contributed by atoms with Crippen LogP contribution >= 0.6 is 0 Å². The third-order valence-corrected chi connectivity index (χ3v) is 4.52. The maximum Gasteiger partial charge on any atom is 0.265 e. The van der Waals surface area contributed by atoms with E-state index < -0.39 is 6.10 Å². The zero-order chi connectivity index (χ0) is 18.4. The zero-order valence-corrected chi connectivity index (χ0v) is 15.2. The smallest absolute Gasteiger partial charge is 0.265 e. The molecule has 2 aromatic carbocycles. The molecule has 136 valence electrons. The lowest BCUT2D eigenvalue weighted by atomic mass is 9.91. The van der Waals surface area contributed by atoms with Crippen LogP contribution in [0.4, 0.5) is 5.69 Å². The summed E-state index contributed by atoms with van der Waals surface area (Å²) in [5.41, 5.74) is 3.31. The summed E-state index contributed by atoms with van der Waals surface area (Å²) >= 11 is 0. The van der Waals surface area contributed by atoms with Crippen molar-refractivity contribution in [1.82, 2.24) is 0 Å². The van der Waals surface area contributed by atoms with E-state index in [0.29, 0.717) is 12.3 Å². The van der Waals surface area contributed by atoms with Gasteiger partial charge in [0.05, 0.1) is 0 Å². The van der Waals surface area contributed by atoms with Crippen LogP contribution in [0.3, 0.4) is 0 Å². The number of benzene rings is 2. The summed E-state index contributed by atoms with van der Waals surface area (Å²) in [4.78, 5) is 12.5. The Kier molecular flexibility index (Phi) is 5.95. The first-order chi connectivity index (χ1) is 12.7. The molecule has 26 heavy (non-hydrogen) atoms. The van der Waals surface area contributed by atoms with Crippen molar-refractivity contribution < 1.29 is 14.3 Å². The van der Waals surface area contributed by atoms with Gasteiger partial charge in [-0.15, -0.1) is 0 Å². The van der Waals surface area contributed by atoms with Crippen LogP contribution in [0.2, 0.25) is 0 Å². The molecule has 0 saturated carbocycles. The Morgan fingerprint density at radius 1 is 1.19 bits per heavy atom. The monoisotopic (exact) mass is 351 g/mol. The molecule has 1 amide bonds. The number of carbonyl (C=O) groups is 1. The van der Waals surface area contributed by atoms with E-state index in [1.807, 2.05) is 36.4 Å². The highest BCUT2D eigenvalue weighted by molar-refractivity contribution is 5.94. The van der Waals surface area contributed by atoms with Gasteiger partial charge < -0.3 is 14.8 Å². The van der Waals surface area contributed by atoms with Crippen LogP contribution < -0.4 is 14.8 Å². The molecule has 0 unspecified atom stereocenters. The van der Waals surface area contributed by atoms with Crippen molar-refractivity contribution in [2.45, 2.75) is 38.7 Å². The number of hydrogen-bond donors (Lipinski definition) is 1. The second-order valence-electron chi connectivity index (χ2n) is 6.47. The number of hydrogen-bond acceptors (Lipinski definition) is 3. The molecule has 0 saturated heterocycles. The first kappa shape index (κ1) is 18.1. The molecule has 3 rings (SSSR count). The quantitative estimate of drug-likeness (QED) is 0.745. The van der Waals surface area contributed by atoms with Crippen LogP contribution in [0.25, 0.3) is 0 Å². The Morgan fingerprint density at radius 3 is 2.73 bits per heavy atom. The summed E-state index contributed by atoms with van der Waals surface area (Å²) in [6.45, 7) is 5.85. The van der Waals surface area contributed by atoms with Crippen molar-refractivity contribution in [3.8, 4) is 11.5 Å². The van der Waals surface area contributed by atoms with Gasteiger partial charge in [-0.1, -0.05) is 24.8 Å². The van der Waals surface area contributed by atoms with Crippen molar-refractivity contribution in [2.24, 2.45) is 0 Å². The first-order valence-electron chi connectivity index (χ1n) is 9.09. The fraction of sp³-hybridized carbons (Fsp3) is 0.318. The Labute approximate surface area is 154 Å². The molecular weight excluding hydrogens is 326 g/mol. The Hall–Kier alpha value is -2.75. The molecule has 0 bridgehead atoms. The van der Waals surface area contributed by atoms with E-state index in [-0.39, 0.29) is 5.91 Å². The van der Waals surface area contributed by atoms with Crippen LogP contribution in [0.1, 0.15) is 30.9 Å². The summed E-state index contributed by atoms with van der Waals surface area (Å²) in [6.07, 6.45) is 5.63. The number of amides is 1. The van der Waals surface area contributed by atoms with Crippen LogP contribution in [-0.4, -0.2) is 18.6 Å². The minimum absolute atomic E-state index is 0.168. The molecular formula is C22H25NO3. The number of nitrogens with one attached hydrogen (secondary N) is 1. The lowest BCUT2D eigenvalue weighted by Crippen LogP contribution is -2.30. The van der Waals surface area contributed by atoms with Gasteiger partial charge >= 0.3 is 0 Å². The van der Waals surface area contributed by atoms with Crippen LogP contribution in [0, 0.1) is 0 Å². The number of ether oxygens (including phenoxy) is 2. The van der Waals surface area contributed by atoms with Crippen molar-refractivity contribution in [3.05, 3.63) is 66.2 Å². The van der Waals surface area contributed by atoms with Gasteiger partial charge in [0.2, 0.25) is 0 Å². The number of aryl methyl sites for hydroxylation is 1. The number of carbonyl (C=O) groups excluding carboxylic acids is 1. The van der Waals surface area contributed by atoms with Crippen molar-refractivity contribution in [2.75, 3.05) is 11.9 Å². The van der Waals surface area contributed by atoms with Gasteiger partial charge in [-0.25, -0.2) is 0 Å². The highest BCUT2D eigenvalue weighted by atomic mass is 16.5. The Bertz CT molecular complexity index is 767.